The molecule has 0 aromatic heterocycles. The largest absolute Gasteiger partial charge is 0.393 e. The van der Waals surface area contributed by atoms with Gasteiger partial charge in [-0.15, -0.1) is 0 Å². The van der Waals surface area contributed by atoms with Crippen molar-refractivity contribution in [3.8, 4) is 0 Å². The molecule has 0 saturated heterocycles. The molecule has 0 heterocycles. The number of hydrogen-bond donors (Lipinski definition) is 1. The highest BCUT2D eigenvalue weighted by molar-refractivity contribution is 9.12. The van der Waals surface area contributed by atoms with Gasteiger partial charge >= 0.3 is 0 Å². The number of halogens is 2. The molecule has 0 aromatic rings. The number of aliphatic hydroxyl groups is 1. The van der Waals surface area contributed by atoms with Crippen LogP contribution in [0.3, 0.4) is 0 Å². The Bertz CT molecular complexity index is 622. The number of rotatable bonds is 5. The summed E-state index contributed by atoms with van der Waals surface area (Å²) in [7, 11) is 0. The van der Waals surface area contributed by atoms with Gasteiger partial charge in [0.2, 0.25) is 0 Å². The van der Waals surface area contributed by atoms with Crippen LogP contribution in [0.5, 0.6) is 0 Å². The van der Waals surface area contributed by atoms with E-state index in [4.69, 9.17) is 0 Å². The van der Waals surface area contributed by atoms with Crippen molar-refractivity contribution in [1.29, 1.82) is 0 Å². The van der Waals surface area contributed by atoms with Crippen LogP contribution in [-0.2, 0) is 0 Å². The van der Waals surface area contributed by atoms with E-state index in [1.807, 2.05) is 0 Å². The highest BCUT2D eigenvalue weighted by Gasteiger charge is 2.66. The highest BCUT2D eigenvalue weighted by Crippen LogP contribution is 2.71. The molecule has 174 valence electrons. The lowest BCUT2D eigenvalue weighted by Gasteiger charge is -2.65. The van der Waals surface area contributed by atoms with E-state index >= 15 is 0 Å². The van der Waals surface area contributed by atoms with Crippen molar-refractivity contribution in [2.45, 2.75) is 121 Å². The van der Waals surface area contributed by atoms with Crippen LogP contribution in [0.2, 0.25) is 0 Å². The van der Waals surface area contributed by atoms with Gasteiger partial charge in [0.25, 0.3) is 0 Å². The van der Waals surface area contributed by atoms with Crippen molar-refractivity contribution in [2.24, 2.45) is 46.3 Å². The van der Waals surface area contributed by atoms with Gasteiger partial charge in [-0.25, -0.2) is 0 Å². The minimum atomic E-state index is -0.134. The second-order valence-electron chi connectivity index (χ2n) is 12.8. The monoisotopic (exact) mass is 544 g/mol. The third kappa shape index (κ3) is 3.71. The zero-order chi connectivity index (χ0) is 21.9. The molecule has 4 saturated carbocycles. The molecule has 30 heavy (non-hydrogen) atoms. The second kappa shape index (κ2) is 8.61. The Labute approximate surface area is 203 Å². The van der Waals surface area contributed by atoms with Gasteiger partial charge < -0.3 is 5.11 Å². The van der Waals surface area contributed by atoms with E-state index in [1.165, 1.54) is 57.8 Å². The SMILES string of the molecule is CC(C)CCC[C@@H](C)[C@H]1CC[C@H]2[C@@H]3C[C@@H](Br)[C@@]4(Br)C[C@@H](O)CC[C@]4(C)[C@H]3CC[C@]12C. The first-order valence-electron chi connectivity index (χ1n) is 13.0. The predicted octanol–water partition coefficient (Wildman–Crippen LogP) is 8.36. The van der Waals surface area contributed by atoms with E-state index in [2.05, 4.69) is 66.5 Å². The first-order valence-corrected chi connectivity index (χ1v) is 14.7. The number of aliphatic hydroxyl groups excluding tert-OH is 1. The van der Waals surface area contributed by atoms with Gasteiger partial charge in [0, 0.05) is 9.15 Å². The standard InChI is InChI=1S/C27H46Br2O/c1-17(2)7-6-8-18(3)21-9-10-22-20-15-24(28)27(29)16-19(30)11-14-26(27,5)23(20)12-13-25(21,22)4/h17-24,30H,6-16H2,1-5H3/t18-,19+,20+,21-,22+,23+,24-,25-,26-,27+/m1/s1. The summed E-state index contributed by atoms with van der Waals surface area (Å²) in [5.74, 6) is 5.26. The lowest BCUT2D eigenvalue weighted by atomic mass is 9.44. The summed E-state index contributed by atoms with van der Waals surface area (Å²) in [4.78, 5) is 0.482. The first kappa shape index (κ1) is 24.1. The van der Waals surface area contributed by atoms with Crippen LogP contribution in [-0.4, -0.2) is 20.4 Å². The Balaban J connectivity index is 1.53. The lowest BCUT2D eigenvalue weighted by molar-refractivity contribution is -0.111. The fourth-order valence-corrected chi connectivity index (χ4v) is 11.4. The summed E-state index contributed by atoms with van der Waals surface area (Å²) in [5.41, 5.74) is 0.869. The van der Waals surface area contributed by atoms with Gasteiger partial charge in [-0.2, -0.15) is 0 Å². The first-order chi connectivity index (χ1) is 14.0. The van der Waals surface area contributed by atoms with Gasteiger partial charge in [0.1, 0.15) is 0 Å². The van der Waals surface area contributed by atoms with Crippen LogP contribution >= 0.6 is 31.9 Å². The Morgan fingerprint density at radius 3 is 2.40 bits per heavy atom. The quantitative estimate of drug-likeness (QED) is 0.344. The molecule has 1 N–H and O–H groups in total. The average Bonchev–Trinajstić information content (AvgIpc) is 3.01. The van der Waals surface area contributed by atoms with E-state index in [9.17, 15) is 5.11 Å². The van der Waals surface area contributed by atoms with Crippen molar-refractivity contribution < 1.29 is 5.11 Å². The molecule has 3 heteroatoms. The Morgan fingerprint density at radius 2 is 1.70 bits per heavy atom. The highest BCUT2D eigenvalue weighted by atomic mass is 79.9. The second-order valence-corrected chi connectivity index (χ2v) is 15.3. The van der Waals surface area contributed by atoms with Crippen molar-refractivity contribution in [1.82, 2.24) is 0 Å². The molecule has 4 aliphatic rings. The van der Waals surface area contributed by atoms with Crippen LogP contribution < -0.4 is 0 Å². The summed E-state index contributed by atoms with van der Waals surface area (Å²) in [6.45, 7) is 12.6. The fourth-order valence-electron chi connectivity index (χ4n) is 9.19. The fraction of sp³-hybridized carbons (Fsp3) is 1.00. The topological polar surface area (TPSA) is 20.2 Å². The van der Waals surface area contributed by atoms with Gasteiger partial charge in [-0.1, -0.05) is 85.7 Å². The third-order valence-corrected chi connectivity index (χ3v) is 14.5. The van der Waals surface area contributed by atoms with Crippen molar-refractivity contribution in [3.63, 3.8) is 0 Å². The maximum absolute atomic E-state index is 10.5. The predicted molar refractivity (Wildman–Crippen MR) is 135 cm³/mol. The Kier molecular flexibility index (Phi) is 6.90. The summed E-state index contributed by atoms with van der Waals surface area (Å²) < 4.78 is 0.0642. The minimum Gasteiger partial charge on any atom is -0.393 e. The van der Waals surface area contributed by atoms with Crippen molar-refractivity contribution >= 4 is 31.9 Å². The molecule has 0 aromatic carbocycles. The van der Waals surface area contributed by atoms with E-state index < -0.39 is 0 Å². The summed E-state index contributed by atoms with van der Waals surface area (Å²) in [6, 6.07) is 0. The van der Waals surface area contributed by atoms with E-state index in [-0.39, 0.29) is 10.4 Å². The summed E-state index contributed by atoms with van der Waals surface area (Å²) >= 11 is 8.41. The van der Waals surface area contributed by atoms with Crippen molar-refractivity contribution in [2.75, 3.05) is 0 Å². The van der Waals surface area contributed by atoms with E-state index in [1.54, 1.807) is 0 Å². The molecule has 4 fully saturated rings. The summed E-state index contributed by atoms with van der Waals surface area (Å²) in [5, 5.41) is 10.5. The van der Waals surface area contributed by atoms with Crippen LogP contribution in [0.1, 0.15) is 105 Å². The lowest BCUT2D eigenvalue weighted by Crippen LogP contribution is -2.64. The zero-order valence-electron chi connectivity index (χ0n) is 20.1. The Morgan fingerprint density at radius 1 is 0.967 bits per heavy atom. The molecule has 10 atom stereocenters. The van der Waals surface area contributed by atoms with Gasteiger partial charge in [-0.3, -0.25) is 0 Å². The minimum absolute atomic E-state index is 0.0642. The molecule has 4 aliphatic carbocycles. The molecule has 0 radical (unpaired) electrons. The average molecular weight is 546 g/mol. The van der Waals surface area contributed by atoms with E-state index in [0.29, 0.717) is 15.7 Å². The van der Waals surface area contributed by atoms with Crippen molar-refractivity contribution in [3.05, 3.63) is 0 Å². The normalized spacial score (nSPS) is 51.9. The molecule has 1 nitrogen and oxygen atoms in total. The Hall–Kier alpha value is 0.920. The molecule has 0 bridgehead atoms. The molecular formula is C27H46Br2O. The van der Waals surface area contributed by atoms with E-state index in [0.717, 1.165) is 48.3 Å². The molecule has 4 rings (SSSR count). The molecule has 0 spiro atoms. The van der Waals surface area contributed by atoms with Crippen LogP contribution in [0.25, 0.3) is 0 Å². The number of fused-ring (bicyclic) bond motifs is 5. The van der Waals surface area contributed by atoms with Crippen LogP contribution in [0.15, 0.2) is 0 Å². The van der Waals surface area contributed by atoms with Gasteiger partial charge in [0.05, 0.1) is 6.10 Å². The third-order valence-electron chi connectivity index (χ3n) is 10.9. The van der Waals surface area contributed by atoms with Crippen LogP contribution in [0.4, 0.5) is 0 Å². The van der Waals surface area contributed by atoms with Gasteiger partial charge in [0.15, 0.2) is 0 Å². The molecule has 0 amide bonds. The maximum atomic E-state index is 10.5. The number of alkyl halides is 2. The molecule has 0 unspecified atom stereocenters. The zero-order valence-corrected chi connectivity index (χ0v) is 23.3. The molecular weight excluding hydrogens is 500 g/mol. The molecule has 0 aliphatic heterocycles. The summed E-state index contributed by atoms with van der Waals surface area (Å²) in [6.07, 6.45) is 14.3. The van der Waals surface area contributed by atoms with Gasteiger partial charge in [-0.05, 0) is 97.7 Å². The maximum Gasteiger partial charge on any atom is 0.0554 e. The number of hydrogen-bond acceptors (Lipinski definition) is 1. The van der Waals surface area contributed by atoms with Crippen LogP contribution in [0, 0.1) is 46.3 Å². The smallest absolute Gasteiger partial charge is 0.0554 e.